The Bertz CT molecular complexity index is 263. The van der Waals surface area contributed by atoms with E-state index in [1.165, 1.54) is 32.8 Å². The third-order valence-electron chi connectivity index (χ3n) is 2.78. The molecule has 18 heavy (non-hydrogen) atoms. The van der Waals surface area contributed by atoms with Gasteiger partial charge in [0.15, 0.2) is 6.10 Å². The highest BCUT2D eigenvalue weighted by atomic mass is 16.5. The summed E-state index contributed by atoms with van der Waals surface area (Å²) in [5, 5.41) is 9.33. The summed E-state index contributed by atoms with van der Waals surface area (Å²) in [5.74, 6) is 5.75. The molecule has 0 aliphatic rings. The number of esters is 1. The van der Waals surface area contributed by atoms with Gasteiger partial charge in [-0.2, -0.15) is 0 Å². The van der Waals surface area contributed by atoms with Crippen LogP contribution in [0, 0.1) is 11.8 Å². The molecule has 0 spiro atoms. The second-order valence-corrected chi connectivity index (χ2v) is 4.45. The number of hydrogen-bond donors (Lipinski definition) is 1. The molecular formula is C15H26O3. The van der Waals surface area contributed by atoms with Gasteiger partial charge in [0.25, 0.3) is 0 Å². The maximum absolute atomic E-state index is 10.9. The van der Waals surface area contributed by atoms with E-state index in [-0.39, 0.29) is 0 Å². The molecular weight excluding hydrogens is 228 g/mol. The number of rotatable bonds is 9. The zero-order valence-electron chi connectivity index (χ0n) is 11.7. The molecule has 0 amide bonds. The topological polar surface area (TPSA) is 46.5 Å². The molecule has 0 aromatic heterocycles. The van der Waals surface area contributed by atoms with Crippen molar-refractivity contribution in [1.29, 1.82) is 0 Å². The van der Waals surface area contributed by atoms with Gasteiger partial charge in [0, 0.05) is 12.8 Å². The number of unbranched alkanes of at least 4 members (excludes halogenated alkanes) is 6. The molecule has 0 heterocycles. The van der Waals surface area contributed by atoms with E-state index in [9.17, 15) is 9.90 Å². The third-order valence-corrected chi connectivity index (χ3v) is 2.78. The first-order chi connectivity index (χ1) is 8.72. The van der Waals surface area contributed by atoms with Crippen LogP contribution in [0.2, 0.25) is 0 Å². The monoisotopic (exact) mass is 254 g/mol. The lowest BCUT2D eigenvalue weighted by atomic mass is 10.1. The fourth-order valence-electron chi connectivity index (χ4n) is 1.62. The fourth-order valence-corrected chi connectivity index (χ4v) is 1.62. The van der Waals surface area contributed by atoms with Crippen molar-refractivity contribution in [3.05, 3.63) is 0 Å². The van der Waals surface area contributed by atoms with Crippen LogP contribution >= 0.6 is 0 Å². The van der Waals surface area contributed by atoms with E-state index >= 15 is 0 Å². The van der Waals surface area contributed by atoms with E-state index in [0.29, 0.717) is 6.42 Å². The van der Waals surface area contributed by atoms with Crippen molar-refractivity contribution in [2.24, 2.45) is 0 Å². The van der Waals surface area contributed by atoms with E-state index in [1.807, 2.05) is 0 Å². The third kappa shape index (κ3) is 10.2. The molecule has 0 saturated heterocycles. The van der Waals surface area contributed by atoms with Crippen molar-refractivity contribution in [2.75, 3.05) is 7.11 Å². The molecule has 0 radical (unpaired) electrons. The van der Waals surface area contributed by atoms with Crippen LogP contribution in [0.3, 0.4) is 0 Å². The summed E-state index contributed by atoms with van der Waals surface area (Å²) in [7, 11) is 1.29. The Morgan fingerprint density at radius 3 is 2.28 bits per heavy atom. The summed E-state index contributed by atoms with van der Waals surface area (Å²) in [5.41, 5.74) is 0. The maximum atomic E-state index is 10.9. The van der Waals surface area contributed by atoms with E-state index < -0.39 is 12.1 Å². The van der Waals surface area contributed by atoms with Crippen LogP contribution in [0.15, 0.2) is 0 Å². The molecule has 0 bridgehead atoms. The molecule has 0 aliphatic heterocycles. The Hall–Kier alpha value is -1.01. The second kappa shape index (κ2) is 12.4. The van der Waals surface area contributed by atoms with Gasteiger partial charge < -0.3 is 9.84 Å². The number of aliphatic hydroxyl groups is 1. The number of ether oxygens (including phenoxy) is 1. The molecule has 1 unspecified atom stereocenters. The lowest BCUT2D eigenvalue weighted by Gasteiger charge is -2.06. The van der Waals surface area contributed by atoms with Crippen molar-refractivity contribution in [3.63, 3.8) is 0 Å². The zero-order valence-corrected chi connectivity index (χ0v) is 11.7. The SMILES string of the molecule is CCCCCCC#CCCCCC(O)C(=O)OC. The summed E-state index contributed by atoms with van der Waals surface area (Å²) < 4.78 is 4.44. The highest BCUT2D eigenvalue weighted by Gasteiger charge is 2.13. The molecule has 0 aliphatic carbocycles. The van der Waals surface area contributed by atoms with Gasteiger partial charge in [0.2, 0.25) is 0 Å². The van der Waals surface area contributed by atoms with Crippen LogP contribution in [-0.2, 0) is 9.53 Å². The molecule has 0 saturated carbocycles. The highest BCUT2D eigenvalue weighted by Crippen LogP contribution is 2.05. The van der Waals surface area contributed by atoms with Crippen molar-refractivity contribution < 1.29 is 14.6 Å². The first-order valence-electron chi connectivity index (χ1n) is 6.94. The Labute approximate surface area is 111 Å². The van der Waals surface area contributed by atoms with Gasteiger partial charge >= 0.3 is 5.97 Å². The normalized spacial score (nSPS) is 11.5. The Morgan fingerprint density at radius 2 is 1.72 bits per heavy atom. The van der Waals surface area contributed by atoms with E-state index in [4.69, 9.17) is 0 Å². The molecule has 0 rings (SSSR count). The van der Waals surface area contributed by atoms with Gasteiger partial charge in [-0.3, -0.25) is 0 Å². The predicted octanol–water partition coefficient (Wildman–Crippen LogP) is 3.05. The average Bonchev–Trinajstić information content (AvgIpc) is 2.39. The molecule has 0 fully saturated rings. The standard InChI is InChI=1S/C15H26O3/c1-3-4-5-6-7-8-9-10-11-12-13-14(16)15(17)18-2/h14,16H,3-7,10-13H2,1-2H3. The molecule has 0 aromatic carbocycles. The van der Waals surface area contributed by atoms with Crippen molar-refractivity contribution in [3.8, 4) is 11.8 Å². The van der Waals surface area contributed by atoms with Gasteiger partial charge in [-0.1, -0.05) is 26.2 Å². The van der Waals surface area contributed by atoms with Crippen LogP contribution in [0.4, 0.5) is 0 Å². The molecule has 1 atom stereocenters. The fraction of sp³-hybridized carbons (Fsp3) is 0.800. The minimum Gasteiger partial charge on any atom is -0.467 e. The van der Waals surface area contributed by atoms with Crippen molar-refractivity contribution in [2.45, 2.75) is 70.8 Å². The lowest BCUT2D eigenvalue weighted by molar-refractivity contribution is -0.150. The minimum atomic E-state index is -0.975. The van der Waals surface area contributed by atoms with Gasteiger partial charge in [0.05, 0.1) is 7.11 Å². The van der Waals surface area contributed by atoms with Gasteiger partial charge in [-0.25, -0.2) is 4.79 Å². The quantitative estimate of drug-likeness (QED) is 0.391. The van der Waals surface area contributed by atoms with Crippen LogP contribution in [-0.4, -0.2) is 24.3 Å². The molecule has 104 valence electrons. The van der Waals surface area contributed by atoms with Crippen LogP contribution in [0.5, 0.6) is 0 Å². The van der Waals surface area contributed by atoms with E-state index in [2.05, 4.69) is 23.5 Å². The van der Waals surface area contributed by atoms with Crippen molar-refractivity contribution in [1.82, 2.24) is 0 Å². The number of methoxy groups -OCH3 is 1. The number of carbonyl (C=O) groups excluding carboxylic acids is 1. The lowest BCUT2D eigenvalue weighted by Crippen LogP contribution is -2.21. The Morgan fingerprint density at radius 1 is 1.11 bits per heavy atom. The molecule has 3 nitrogen and oxygen atoms in total. The van der Waals surface area contributed by atoms with Crippen LogP contribution in [0.25, 0.3) is 0 Å². The first kappa shape index (κ1) is 17.0. The second-order valence-electron chi connectivity index (χ2n) is 4.45. The summed E-state index contributed by atoms with van der Waals surface area (Å²) in [6.07, 6.45) is 8.09. The number of aliphatic hydroxyl groups excluding tert-OH is 1. The first-order valence-corrected chi connectivity index (χ1v) is 6.94. The van der Waals surface area contributed by atoms with Crippen molar-refractivity contribution >= 4 is 5.97 Å². The summed E-state index contributed by atoms with van der Waals surface area (Å²) in [6.45, 7) is 2.20. The maximum Gasteiger partial charge on any atom is 0.334 e. The summed E-state index contributed by atoms with van der Waals surface area (Å²) in [6, 6.07) is 0. The van der Waals surface area contributed by atoms with Crippen LogP contribution < -0.4 is 0 Å². The smallest absolute Gasteiger partial charge is 0.334 e. The Kier molecular flexibility index (Phi) is 11.7. The van der Waals surface area contributed by atoms with Gasteiger partial charge in [-0.15, -0.1) is 11.8 Å². The molecule has 0 aromatic rings. The highest BCUT2D eigenvalue weighted by molar-refractivity contribution is 5.74. The van der Waals surface area contributed by atoms with Crippen LogP contribution in [0.1, 0.15) is 64.7 Å². The molecule has 3 heteroatoms. The number of carbonyl (C=O) groups is 1. The van der Waals surface area contributed by atoms with Gasteiger partial charge in [0.1, 0.15) is 0 Å². The predicted molar refractivity (Wildman–Crippen MR) is 73.0 cm³/mol. The van der Waals surface area contributed by atoms with Gasteiger partial charge in [-0.05, 0) is 25.7 Å². The van der Waals surface area contributed by atoms with E-state index in [0.717, 1.165) is 25.7 Å². The summed E-state index contributed by atoms with van der Waals surface area (Å²) in [4.78, 5) is 10.9. The minimum absolute atomic E-state index is 0.463. The summed E-state index contributed by atoms with van der Waals surface area (Å²) >= 11 is 0. The average molecular weight is 254 g/mol. The van der Waals surface area contributed by atoms with E-state index in [1.54, 1.807) is 0 Å². The zero-order chi connectivity index (χ0) is 13.6. The largest absolute Gasteiger partial charge is 0.467 e. The number of hydrogen-bond acceptors (Lipinski definition) is 3. The molecule has 1 N–H and O–H groups in total. The Balaban J connectivity index is 3.34.